The minimum absolute atomic E-state index is 0.0514. The molecule has 7 heteroatoms. The van der Waals surface area contributed by atoms with Crippen molar-refractivity contribution in [1.29, 1.82) is 5.26 Å². The predicted octanol–water partition coefficient (Wildman–Crippen LogP) is 3.49. The Hall–Kier alpha value is -2.88. The van der Waals surface area contributed by atoms with E-state index in [1.165, 1.54) is 25.7 Å². The number of urea groups is 1. The van der Waals surface area contributed by atoms with Crippen LogP contribution in [0.15, 0.2) is 24.3 Å². The quantitative estimate of drug-likeness (QED) is 0.479. The lowest BCUT2D eigenvalue weighted by atomic mass is 10.1. The summed E-state index contributed by atoms with van der Waals surface area (Å²) in [6, 6.07) is 8.90. The van der Waals surface area contributed by atoms with Crippen molar-refractivity contribution in [2.24, 2.45) is 0 Å². The number of unbranched alkanes of at least 4 members (excludes halogenated alkanes) is 5. The molecule has 0 atom stereocenters. The molecule has 0 radical (unpaired) electrons. The van der Waals surface area contributed by atoms with Crippen LogP contribution >= 0.6 is 0 Å². The fourth-order valence-corrected chi connectivity index (χ4v) is 2.49. The van der Waals surface area contributed by atoms with Gasteiger partial charge < -0.3 is 5.32 Å². The van der Waals surface area contributed by atoms with Gasteiger partial charge in [-0.15, -0.1) is 0 Å². The van der Waals surface area contributed by atoms with Gasteiger partial charge in [-0.3, -0.25) is 10.9 Å². The Kier molecular flexibility index (Phi) is 7.44. The molecule has 132 valence electrons. The number of rotatable bonds is 9. The monoisotopic (exact) mass is 340 g/mol. The number of fused-ring (bicyclic) bond motifs is 1. The maximum Gasteiger partial charge on any atom is 0.333 e. The number of benzene rings is 1. The molecule has 0 saturated heterocycles. The lowest BCUT2D eigenvalue weighted by Crippen LogP contribution is -2.39. The van der Waals surface area contributed by atoms with Gasteiger partial charge in [-0.1, -0.05) is 51.2 Å². The third-order valence-electron chi connectivity index (χ3n) is 3.81. The summed E-state index contributed by atoms with van der Waals surface area (Å²) < 4.78 is 0. The average molecular weight is 340 g/mol. The highest BCUT2D eigenvalue weighted by atomic mass is 16.2. The van der Waals surface area contributed by atoms with E-state index >= 15 is 0 Å². The zero-order chi connectivity index (χ0) is 17.9. The van der Waals surface area contributed by atoms with Crippen molar-refractivity contribution in [3.05, 3.63) is 30.1 Å². The molecular formula is C18H24N6O. The summed E-state index contributed by atoms with van der Waals surface area (Å²) in [5, 5.41) is 12.6. The molecule has 0 aliphatic carbocycles. The first-order valence-electron chi connectivity index (χ1n) is 8.71. The molecule has 0 aliphatic rings. The lowest BCUT2D eigenvalue weighted by molar-refractivity contribution is 0.242. The third-order valence-corrected chi connectivity index (χ3v) is 3.81. The van der Waals surface area contributed by atoms with Crippen LogP contribution in [-0.2, 0) is 0 Å². The van der Waals surface area contributed by atoms with Crippen LogP contribution in [-0.4, -0.2) is 22.5 Å². The Morgan fingerprint density at radius 1 is 1.12 bits per heavy atom. The molecule has 0 spiro atoms. The third kappa shape index (κ3) is 5.92. The Balaban J connectivity index is 1.80. The van der Waals surface area contributed by atoms with E-state index < -0.39 is 0 Å². The largest absolute Gasteiger partial charge is 0.337 e. The minimum atomic E-state index is -0.324. The van der Waals surface area contributed by atoms with E-state index in [0.29, 0.717) is 17.9 Å². The first kappa shape index (κ1) is 18.5. The highest BCUT2D eigenvalue weighted by Gasteiger charge is 2.08. The molecule has 1 aromatic heterocycles. The van der Waals surface area contributed by atoms with Crippen LogP contribution in [0.2, 0.25) is 0 Å². The fourth-order valence-electron chi connectivity index (χ4n) is 2.49. The number of carbonyl (C=O) groups excluding carboxylic acids is 1. The van der Waals surface area contributed by atoms with Crippen molar-refractivity contribution in [1.82, 2.24) is 20.7 Å². The van der Waals surface area contributed by atoms with E-state index in [9.17, 15) is 4.79 Å². The van der Waals surface area contributed by atoms with E-state index in [2.05, 4.69) is 33.1 Å². The van der Waals surface area contributed by atoms with Crippen molar-refractivity contribution in [2.75, 3.05) is 12.0 Å². The van der Waals surface area contributed by atoms with Gasteiger partial charge in [-0.05, 0) is 18.6 Å². The minimum Gasteiger partial charge on any atom is -0.337 e. The van der Waals surface area contributed by atoms with Gasteiger partial charge in [0, 0.05) is 11.9 Å². The molecule has 0 aliphatic heterocycles. The second-order valence-electron chi connectivity index (χ2n) is 5.80. The molecule has 1 heterocycles. The van der Waals surface area contributed by atoms with Crippen LogP contribution < -0.4 is 16.2 Å². The van der Waals surface area contributed by atoms with Crippen molar-refractivity contribution in [3.8, 4) is 6.07 Å². The van der Waals surface area contributed by atoms with E-state index in [1.807, 2.05) is 24.3 Å². The van der Waals surface area contributed by atoms with Crippen LogP contribution in [0, 0.1) is 11.3 Å². The standard InChI is InChI=1S/C18H24N6O/c1-2-3-4-5-6-9-12-20-18(25)24-23-17-14-10-7-8-11-15(14)21-16(13-19)22-17/h7-8,10-11H,2-6,9,12H2,1H3,(H2,20,24,25)(H,21,22,23). The van der Waals surface area contributed by atoms with Crippen LogP contribution in [0.1, 0.15) is 51.3 Å². The second-order valence-corrected chi connectivity index (χ2v) is 5.80. The number of carbonyl (C=O) groups is 1. The summed E-state index contributed by atoms with van der Waals surface area (Å²) in [5.41, 5.74) is 5.96. The molecule has 3 N–H and O–H groups in total. The van der Waals surface area contributed by atoms with Crippen LogP contribution in [0.25, 0.3) is 10.9 Å². The second kappa shape index (κ2) is 10.1. The molecule has 1 aromatic carbocycles. The molecule has 2 aromatic rings. The van der Waals surface area contributed by atoms with Crippen LogP contribution in [0.4, 0.5) is 10.6 Å². The molecule has 0 unspecified atom stereocenters. The first-order valence-corrected chi connectivity index (χ1v) is 8.71. The SMILES string of the molecule is CCCCCCCCNC(=O)NNc1nc(C#N)nc2ccccc12. The summed E-state index contributed by atoms with van der Waals surface area (Å²) in [6.45, 7) is 2.83. The number of nitriles is 1. The van der Waals surface area contributed by atoms with Gasteiger partial charge in [-0.2, -0.15) is 10.2 Å². The van der Waals surface area contributed by atoms with Crippen molar-refractivity contribution >= 4 is 22.8 Å². The normalized spacial score (nSPS) is 10.2. The van der Waals surface area contributed by atoms with E-state index in [4.69, 9.17) is 5.26 Å². The molecular weight excluding hydrogens is 316 g/mol. The summed E-state index contributed by atoms with van der Waals surface area (Å²) in [4.78, 5) is 20.1. The summed E-state index contributed by atoms with van der Waals surface area (Å²) in [5.74, 6) is 0.451. The highest BCUT2D eigenvalue weighted by Crippen LogP contribution is 2.18. The van der Waals surface area contributed by atoms with Gasteiger partial charge in [0.25, 0.3) is 0 Å². The number of hydrogen-bond acceptors (Lipinski definition) is 5. The molecule has 2 rings (SSSR count). The lowest BCUT2D eigenvalue weighted by Gasteiger charge is -2.11. The number of hydrogen-bond donors (Lipinski definition) is 3. The van der Waals surface area contributed by atoms with E-state index in [-0.39, 0.29) is 11.9 Å². The smallest absolute Gasteiger partial charge is 0.333 e. The van der Waals surface area contributed by atoms with Gasteiger partial charge >= 0.3 is 6.03 Å². The van der Waals surface area contributed by atoms with E-state index in [1.54, 1.807) is 6.07 Å². The van der Waals surface area contributed by atoms with Crippen LogP contribution in [0.3, 0.4) is 0 Å². The average Bonchev–Trinajstić information content (AvgIpc) is 2.65. The highest BCUT2D eigenvalue weighted by molar-refractivity contribution is 5.90. The van der Waals surface area contributed by atoms with E-state index in [0.717, 1.165) is 18.2 Å². The number of aromatic nitrogens is 2. The van der Waals surface area contributed by atoms with Crippen LogP contribution in [0.5, 0.6) is 0 Å². The number of anilines is 1. The molecule has 7 nitrogen and oxygen atoms in total. The van der Waals surface area contributed by atoms with Crippen molar-refractivity contribution < 1.29 is 4.79 Å². The molecule has 2 amide bonds. The Bertz CT molecular complexity index is 740. The molecule has 25 heavy (non-hydrogen) atoms. The summed E-state index contributed by atoms with van der Waals surface area (Å²) in [6.07, 6.45) is 7.06. The molecule has 0 saturated carbocycles. The summed E-state index contributed by atoms with van der Waals surface area (Å²) >= 11 is 0. The number of amides is 2. The van der Waals surface area contributed by atoms with Gasteiger partial charge in [0.15, 0.2) is 5.82 Å². The predicted molar refractivity (Wildman–Crippen MR) is 97.8 cm³/mol. The Labute approximate surface area is 147 Å². The van der Waals surface area contributed by atoms with Crippen molar-refractivity contribution in [2.45, 2.75) is 45.4 Å². The maximum absolute atomic E-state index is 11.8. The summed E-state index contributed by atoms with van der Waals surface area (Å²) in [7, 11) is 0. The number of nitrogens with zero attached hydrogens (tertiary/aromatic N) is 3. The number of nitrogens with one attached hydrogen (secondary N) is 3. The zero-order valence-corrected chi connectivity index (χ0v) is 14.5. The fraction of sp³-hybridized carbons (Fsp3) is 0.444. The van der Waals surface area contributed by atoms with Gasteiger partial charge in [-0.25, -0.2) is 9.78 Å². The van der Waals surface area contributed by atoms with Crippen molar-refractivity contribution in [3.63, 3.8) is 0 Å². The Morgan fingerprint density at radius 2 is 1.88 bits per heavy atom. The van der Waals surface area contributed by atoms with Gasteiger partial charge in [0.05, 0.1) is 5.52 Å². The molecule has 0 bridgehead atoms. The maximum atomic E-state index is 11.8. The zero-order valence-electron chi connectivity index (χ0n) is 14.5. The Morgan fingerprint density at radius 3 is 2.68 bits per heavy atom. The first-order chi connectivity index (χ1) is 12.2. The van der Waals surface area contributed by atoms with Gasteiger partial charge in [0.2, 0.25) is 5.82 Å². The number of hydrazine groups is 1. The molecule has 0 fully saturated rings. The van der Waals surface area contributed by atoms with Gasteiger partial charge in [0.1, 0.15) is 6.07 Å². The topological polar surface area (TPSA) is 103 Å². The number of para-hydroxylation sites is 1.